The fourth-order valence-electron chi connectivity index (χ4n) is 3.97. The molecule has 174 valence electrons. The Kier molecular flexibility index (Phi) is 2.60. The fraction of sp³-hybridized carbons (Fsp3) is 0. The summed E-state index contributed by atoms with van der Waals surface area (Å²) in [6.45, 7) is 0. The maximum absolute atomic E-state index is 8.56. The number of hydrogen-bond donors (Lipinski definition) is 0. The van der Waals surface area contributed by atoms with E-state index in [0.717, 1.165) is 0 Å². The molecule has 0 aliphatic heterocycles. The van der Waals surface area contributed by atoms with Crippen LogP contribution in [0.25, 0.3) is 67.2 Å². The Hall–Kier alpha value is -5.09. The second-order valence-electron chi connectivity index (χ2n) is 7.80. The van der Waals surface area contributed by atoms with Crippen molar-refractivity contribution in [2.75, 3.05) is 0 Å². The molecule has 0 radical (unpaired) electrons. The predicted molar refractivity (Wildman–Crippen MR) is 149 cm³/mol. The third-order valence-electron chi connectivity index (χ3n) is 5.61. The molecule has 5 aromatic carbocycles. The summed E-state index contributed by atoms with van der Waals surface area (Å²) in [5.41, 5.74) is 0.0857. The van der Waals surface area contributed by atoms with E-state index >= 15 is 0 Å². The molecule has 37 heavy (non-hydrogen) atoms. The monoisotopic (exact) mass is 490 g/mol. The van der Waals surface area contributed by atoms with Crippen LogP contribution in [0.4, 0.5) is 0 Å². The van der Waals surface area contributed by atoms with Gasteiger partial charge in [-0.05, 0) is 29.3 Å². The Morgan fingerprint density at radius 2 is 1.08 bits per heavy atom. The lowest BCUT2D eigenvalue weighted by Gasteiger charge is -2.08. The van der Waals surface area contributed by atoms with E-state index in [2.05, 4.69) is 15.0 Å². The first kappa shape index (κ1) is 10.9. The van der Waals surface area contributed by atoms with Crippen molar-refractivity contribution in [3.8, 4) is 45.3 Å². The molecule has 0 saturated heterocycles. The minimum Gasteiger partial charge on any atom is -0.455 e. The molecule has 0 amide bonds. The van der Waals surface area contributed by atoms with E-state index in [1.165, 1.54) is 6.07 Å². The summed E-state index contributed by atoms with van der Waals surface area (Å²) in [5, 5.41) is 1.10. The normalized spacial score (nSPS) is 16.9. The number of para-hydroxylation sites is 1. The fourth-order valence-corrected chi connectivity index (χ4v) is 3.97. The highest BCUT2D eigenvalue weighted by Crippen LogP contribution is 2.37. The van der Waals surface area contributed by atoms with Gasteiger partial charge in [-0.3, -0.25) is 0 Å². The Labute approximate surface area is 235 Å². The van der Waals surface area contributed by atoms with Crippen molar-refractivity contribution in [2.45, 2.75) is 0 Å². The van der Waals surface area contributed by atoms with Gasteiger partial charge >= 0.3 is 0 Å². The maximum Gasteiger partial charge on any atom is 0.167 e. The molecule has 0 N–H and O–H groups in total. The van der Waals surface area contributed by atoms with Crippen LogP contribution in [0.2, 0.25) is 0 Å². The van der Waals surface area contributed by atoms with Crippen LogP contribution in [0.1, 0.15) is 20.6 Å². The second kappa shape index (κ2) is 8.85. The number of furan rings is 1. The van der Waals surface area contributed by atoms with E-state index in [9.17, 15) is 0 Å². The average molecular weight is 491 g/mol. The number of hydrogen-bond acceptors (Lipinski definition) is 4. The van der Waals surface area contributed by atoms with Crippen molar-refractivity contribution < 1.29 is 25.0 Å². The van der Waals surface area contributed by atoms with Gasteiger partial charge in [0.05, 0.1) is 26.1 Å². The quantitative estimate of drug-likeness (QED) is 0.248. The van der Waals surface area contributed by atoms with Crippen LogP contribution in [0, 0.1) is 0 Å². The van der Waals surface area contributed by atoms with E-state index in [4.69, 9.17) is 25.0 Å². The van der Waals surface area contributed by atoms with Crippen molar-refractivity contribution in [2.24, 2.45) is 0 Å². The topological polar surface area (TPSA) is 51.8 Å². The minimum atomic E-state index is -0.670. The zero-order valence-corrected chi connectivity index (χ0v) is 18.7. The molecule has 4 nitrogen and oxygen atoms in total. The molecule has 0 fully saturated rings. The van der Waals surface area contributed by atoms with Gasteiger partial charge in [0.2, 0.25) is 0 Å². The van der Waals surface area contributed by atoms with Gasteiger partial charge in [-0.2, -0.15) is 0 Å². The van der Waals surface area contributed by atoms with Gasteiger partial charge in [-0.15, -0.1) is 0 Å². The molecular formula is C33H21N3O. The molecule has 0 saturated carbocycles. The van der Waals surface area contributed by atoms with Crippen LogP contribution in [0.15, 0.2) is 131 Å². The van der Waals surface area contributed by atoms with E-state index in [-0.39, 0.29) is 33.7 Å². The van der Waals surface area contributed by atoms with Crippen molar-refractivity contribution in [1.29, 1.82) is 0 Å². The molecule has 0 spiro atoms. The van der Waals surface area contributed by atoms with E-state index in [0.29, 0.717) is 10.8 Å². The standard InChI is InChI=1S/C33H21N3O/c1-4-11-22(12-5-1)25-19-20-26-27-17-10-18-28(30(27)37-29(26)21-25)33-35-31(23-13-6-2-7-14-23)34-32(36-33)24-15-8-3-9-16-24/h1-21H/i1D,2D,3D,4D,5D,6D,7D,8D,9D,11D,12D,13D,14D,15D,16D. The van der Waals surface area contributed by atoms with Gasteiger partial charge in [-0.1, -0.05) is 109 Å². The Morgan fingerprint density at radius 3 is 1.70 bits per heavy atom. The van der Waals surface area contributed by atoms with Crippen molar-refractivity contribution in [3.05, 3.63) is 127 Å². The molecule has 7 rings (SSSR count). The highest BCUT2D eigenvalue weighted by atomic mass is 16.3. The van der Waals surface area contributed by atoms with Crippen LogP contribution in [-0.4, -0.2) is 15.0 Å². The van der Waals surface area contributed by atoms with E-state index in [1.807, 2.05) is 0 Å². The summed E-state index contributed by atoms with van der Waals surface area (Å²) < 4.78 is 130. The maximum atomic E-state index is 8.56. The van der Waals surface area contributed by atoms with Crippen LogP contribution >= 0.6 is 0 Å². The predicted octanol–water partition coefficient (Wildman–Crippen LogP) is 8.44. The van der Waals surface area contributed by atoms with Crippen LogP contribution in [0.5, 0.6) is 0 Å². The van der Waals surface area contributed by atoms with Gasteiger partial charge < -0.3 is 4.42 Å². The molecule has 0 unspecified atom stereocenters. The lowest BCUT2D eigenvalue weighted by atomic mass is 10.0. The lowest BCUT2D eigenvalue weighted by Crippen LogP contribution is -2.00. The van der Waals surface area contributed by atoms with Gasteiger partial charge in [0.15, 0.2) is 17.5 Å². The Balaban J connectivity index is 1.53. The van der Waals surface area contributed by atoms with Crippen LogP contribution < -0.4 is 0 Å². The van der Waals surface area contributed by atoms with Crippen molar-refractivity contribution in [3.63, 3.8) is 0 Å². The van der Waals surface area contributed by atoms with Crippen LogP contribution in [-0.2, 0) is 0 Å². The highest BCUT2D eigenvalue weighted by Gasteiger charge is 2.17. The third-order valence-corrected chi connectivity index (χ3v) is 5.61. The molecular weight excluding hydrogens is 454 g/mol. The van der Waals surface area contributed by atoms with Gasteiger partial charge in [-0.25, -0.2) is 15.0 Å². The van der Waals surface area contributed by atoms with Crippen molar-refractivity contribution >= 4 is 21.9 Å². The number of nitrogens with zero attached hydrogens (tertiary/aromatic N) is 3. The van der Waals surface area contributed by atoms with Crippen LogP contribution in [0.3, 0.4) is 0 Å². The molecule has 7 aromatic rings. The van der Waals surface area contributed by atoms with E-state index < -0.39 is 113 Å². The van der Waals surface area contributed by atoms with E-state index in [1.54, 1.807) is 30.3 Å². The van der Waals surface area contributed by atoms with Gasteiger partial charge in [0.1, 0.15) is 11.2 Å². The zero-order valence-electron chi connectivity index (χ0n) is 33.7. The number of benzene rings is 5. The van der Waals surface area contributed by atoms with Gasteiger partial charge in [0.25, 0.3) is 0 Å². The molecule has 4 heteroatoms. The third kappa shape index (κ3) is 3.85. The largest absolute Gasteiger partial charge is 0.455 e. The molecule has 0 bridgehead atoms. The summed E-state index contributed by atoms with van der Waals surface area (Å²) >= 11 is 0. The first-order valence-electron chi connectivity index (χ1n) is 18.5. The molecule has 0 atom stereocenters. The Bertz CT molecular complexity index is 2540. The molecule has 2 aromatic heterocycles. The first-order valence-corrected chi connectivity index (χ1v) is 11.0. The zero-order chi connectivity index (χ0) is 37.7. The summed E-state index contributed by atoms with van der Waals surface area (Å²) in [5.74, 6) is -1.05. The number of rotatable bonds is 4. The first-order chi connectivity index (χ1) is 24.5. The number of fused-ring (bicyclic) bond motifs is 3. The summed E-state index contributed by atoms with van der Waals surface area (Å²) in [6.07, 6.45) is 0. The SMILES string of the molecule is [2H]c1c([2H])c([2H])c(-c2ccc3c(c2)oc2c(-c4nc(-c5c([2H])c([2H])c([2H])c([2H])c5[2H])nc(-c5c([2H])c([2H])c([2H])c([2H])c5[2H])n4)cccc23)c([2H])c1[2H]. The number of aromatic nitrogens is 3. The average Bonchev–Trinajstić information content (AvgIpc) is 3.51. The smallest absolute Gasteiger partial charge is 0.167 e. The summed E-state index contributed by atoms with van der Waals surface area (Å²) in [7, 11) is 0. The highest BCUT2D eigenvalue weighted by molar-refractivity contribution is 6.09. The molecule has 0 aliphatic rings. The Morgan fingerprint density at radius 1 is 0.514 bits per heavy atom. The second-order valence-corrected chi connectivity index (χ2v) is 7.80. The molecule has 0 aliphatic carbocycles. The summed E-state index contributed by atoms with van der Waals surface area (Å²) in [6, 6.07) is 0.830. The molecule has 2 heterocycles. The minimum absolute atomic E-state index is 0.0300. The van der Waals surface area contributed by atoms with Gasteiger partial charge in [0, 0.05) is 21.9 Å². The summed E-state index contributed by atoms with van der Waals surface area (Å²) in [4.78, 5) is 13.3. The lowest BCUT2D eigenvalue weighted by molar-refractivity contribution is 0.669. The van der Waals surface area contributed by atoms with Crippen molar-refractivity contribution in [1.82, 2.24) is 15.0 Å².